The van der Waals surface area contributed by atoms with Crippen LogP contribution in [0.4, 0.5) is 0 Å². The largest absolute Gasteiger partial charge is 0.480 e. The third-order valence-corrected chi connectivity index (χ3v) is 3.11. The second-order valence-corrected chi connectivity index (χ2v) is 4.16. The van der Waals surface area contributed by atoms with E-state index in [0.717, 1.165) is 5.56 Å². The van der Waals surface area contributed by atoms with Gasteiger partial charge in [-0.1, -0.05) is 33.7 Å². The molecule has 2 unspecified atom stereocenters. The number of carboxylic acids is 1. The van der Waals surface area contributed by atoms with Crippen LogP contribution in [0.1, 0.15) is 11.1 Å². The molecule has 1 heterocycles. The molecule has 0 aromatic heterocycles. The molecule has 0 saturated heterocycles. The van der Waals surface area contributed by atoms with Crippen molar-refractivity contribution in [3.8, 4) is 0 Å². The third kappa shape index (κ3) is 2.66. The van der Waals surface area contributed by atoms with Crippen molar-refractivity contribution in [1.29, 1.82) is 0 Å². The minimum Gasteiger partial charge on any atom is -0.480 e. The summed E-state index contributed by atoms with van der Waals surface area (Å²) in [5, 5.41) is 8.98. The van der Waals surface area contributed by atoms with Gasteiger partial charge in [0, 0.05) is 27.6 Å². The number of carboxylic acid groups (broad SMARTS) is 1. The van der Waals surface area contributed by atoms with Crippen LogP contribution in [-0.4, -0.2) is 21.8 Å². The Bertz CT molecular complexity index is 372. The molecule has 80 valence electrons. The summed E-state index contributed by atoms with van der Waals surface area (Å²) in [7, 11) is 2.49. The van der Waals surface area contributed by atoms with E-state index in [0.29, 0.717) is 13.0 Å². The fraction of sp³-hybridized carbons (Fsp3) is 0.300. The average molecular weight is 393 g/mol. The first-order chi connectivity index (χ1) is 6.68. The predicted octanol–water partition coefficient (Wildman–Crippen LogP) is 1.29. The van der Waals surface area contributed by atoms with E-state index >= 15 is 0 Å². The van der Waals surface area contributed by atoms with Crippen LogP contribution in [0.5, 0.6) is 0 Å². The molecule has 5 heteroatoms. The third-order valence-electron chi connectivity index (χ3n) is 2.57. The molecule has 0 amide bonds. The molecule has 0 aliphatic carbocycles. The Morgan fingerprint density at radius 3 is 2.60 bits per heavy atom. The molecule has 3 nitrogen and oxygen atoms in total. The Labute approximate surface area is 105 Å². The molecule has 15 heavy (non-hydrogen) atoms. The van der Waals surface area contributed by atoms with Gasteiger partial charge in [-0.15, -0.1) is 0 Å². The minimum absolute atomic E-state index is 0. The van der Waals surface area contributed by atoms with Gasteiger partial charge in [0.15, 0.2) is 0 Å². The fourth-order valence-corrected chi connectivity index (χ4v) is 2.20. The maximum absolute atomic E-state index is 10.9. The molecule has 1 N–H and O–H groups in total. The standard InChI is InChI=1S/C10H12NO2P.W/c12-10(13)9-5-7-3-1-2-4-8(7)6-11(9)14;/h1-4,9H,5-6,14H2,(H,12,13);. The zero-order valence-electron chi connectivity index (χ0n) is 8.09. The number of hydrogen-bond acceptors (Lipinski definition) is 2. The van der Waals surface area contributed by atoms with Crippen molar-refractivity contribution in [3.63, 3.8) is 0 Å². The van der Waals surface area contributed by atoms with E-state index in [4.69, 9.17) is 5.11 Å². The Morgan fingerprint density at radius 2 is 2.00 bits per heavy atom. The molecular weight excluding hydrogens is 381 g/mol. The van der Waals surface area contributed by atoms with Crippen LogP contribution in [-0.2, 0) is 38.8 Å². The summed E-state index contributed by atoms with van der Waals surface area (Å²) in [5.74, 6) is -0.755. The van der Waals surface area contributed by atoms with Crippen LogP contribution in [0.25, 0.3) is 0 Å². The maximum atomic E-state index is 10.9. The fourth-order valence-electron chi connectivity index (χ4n) is 1.77. The molecule has 1 aromatic carbocycles. The van der Waals surface area contributed by atoms with Crippen molar-refractivity contribution >= 4 is 15.4 Å². The van der Waals surface area contributed by atoms with Crippen molar-refractivity contribution in [3.05, 3.63) is 35.4 Å². The van der Waals surface area contributed by atoms with E-state index < -0.39 is 12.0 Å². The molecule has 1 aliphatic rings. The van der Waals surface area contributed by atoms with Crippen LogP contribution in [0, 0.1) is 0 Å². The van der Waals surface area contributed by atoms with Crippen LogP contribution < -0.4 is 0 Å². The smallest absolute Gasteiger partial charge is 0.321 e. The van der Waals surface area contributed by atoms with Gasteiger partial charge in [0.25, 0.3) is 0 Å². The van der Waals surface area contributed by atoms with Gasteiger partial charge in [0.1, 0.15) is 6.04 Å². The quantitative estimate of drug-likeness (QED) is 0.732. The van der Waals surface area contributed by atoms with Crippen LogP contribution in [0.3, 0.4) is 0 Å². The van der Waals surface area contributed by atoms with Gasteiger partial charge in [0.05, 0.1) is 0 Å². The molecule has 0 saturated carbocycles. The van der Waals surface area contributed by atoms with Gasteiger partial charge in [-0.05, 0) is 17.5 Å². The molecule has 0 fully saturated rings. The number of carbonyl (C=O) groups is 1. The SMILES string of the molecule is O=C(O)C1Cc2ccccc2CN1P.[W]. The second kappa shape index (κ2) is 5.20. The zero-order chi connectivity index (χ0) is 10.1. The Kier molecular flexibility index (Phi) is 4.45. The molecule has 0 spiro atoms. The molecule has 1 aliphatic heterocycles. The molecule has 1 aromatic rings. The minimum atomic E-state index is -0.755. The first-order valence-corrected chi connectivity index (χ1v) is 5.01. The predicted molar refractivity (Wildman–Crippen MR) is 56.8 cm³/mol. The summed E-state index contributed by atoms with van der Waals surface area (Å²) < 4.78 is 1.80. The van der Waals surface area contributed by atoms with Crippen LogP contribution in [0.2, 0.25) is 0 Å². The van der Waals surface area contributed by atoms with E-state index in [9.17, 15) is 4.79 Å². The number of nitrogens with zero attached hydrogens (tertiary/aromatic N) is 1. The number of aliphatic carboxylic acids is 1. The average Bonchev–Trinajstić information content (AvgIpc) is 2.16. The summed E-state index contributed by atoms with van der Waals surface area (Å²) in [6, 6.07) is 7.58. The van der Waals surface area contributed by atoms with Crippen molar-refractivity contribution in [2.24, 2.45) is 0 Å². The van der Waals surface area contributed by atoms with Crippen LogP contribution >= 0.6 is 9.39 Å². The summed E-state index contributed by atoms with van der Waals surface area (Å²) >= 11 is 0. The Balaban J connectivity index is 0.00000112. The van der Waals surface area contributed by atoms with Crippen LogP contribution in [0.15, 0.2) is 24.3 Å². The maximum Gasteiger partial charge on any atom is 0.321 e. The van der Waals surface area contributed by atoms with Gasteiger partial charge >= 0.3 is 5.97 Å². The normalized spacial score (nSPS) is 20.2. The number of hydrogen-bond donors (Lipinski definition) is 1. The van der Waals surface area contributed by atoms with E-state index in [1.165, 1.54) is 5.56 Å². The number of fused-ring (bicyclic) bond motifs is 1. The van der Waals surface area contributed by atoms with Crippen molar-refractivity contribution in [2.75, 3.05) is 0 Å². The molecule has 2 rings (SSSR count). The topological polar surface area (TPSA) is 40.5 Å². The van der Waals surface area contributed by atoms with E-state index in [1.807, 2.05) is 24.3 Å². The van der Waals surface area contributed by atoms with Crippen molar-refractivity contribution < 1.29 is 31.0 Å². The Hall–Kier alpha value is -0.232. The number of rotatable bonds is 1. The van der Waals surface area contributed by atoms with Crippen molar-refractivity contribution in [2.45, 2.75) is 19.0 Å². The summed E-state index contributed by atoms with van der Waals surface area (Å²) in [4.78, 5) is 10.9. The summed E-state index contributed by atoms with van der Waals surface area (Å²) in [5.41, 5.74) is 2.37. The number of benzene rings is 1. The van der Waals surface area contributed by atoms with Gasteiger partial charge in [-0.2, -0.15) is 0 Å². The van der Waals surface area contributed by atoms with E-state index in [2.05, 4.69) is 9.39 Å². The molecule has 0 bridgehead atoms. The molecule has 2 atom stereocenters. The summed E-state index contributed by atoms with van der Waals surface area (Å²) in [6.07, 6.45) is 0.592. The van der Waals surface area contributed by atoms with Gasteiger partial charge in [-0.25, -0.2) is 0 Å². The second-order valence-electron chi connectivity index (χ2n) is 3.50. The first kappa shape index (κ1) is 12.8. The van der Waals surface area contributed by atoms with Crippen molar-refractivity contribution in [1.82, 2.24) is 4.67 Å². The monoisotopic (exact) mass is 393 g/mol. The van der Waals surface area contributed by atoms with Gasteiger partial charge in [0.2, 0.25) is 0 Å². The van der Waals surface area contributed by atoms with Gasteiger partial charge < -0.3 is 5.11 Å². The van der Waals surface area contributed by atoms with E-state index in [1.54, 1.807) is 4.67 Å². The summed E-state index contributed by atoms with van der Waals surface area (Å²) in [6.45, 7) is 0.692. The Morgan fingerprint density at radius 1 is 1.40 bits per heavy atom. The zero-order valence-corrected chi connectivity index (χ0v) is 12.2. The molecule has 0 radical (unpaired) electrons. The molecular formula is C10H12NO2PW. The first-order valence-electron chi connectivity index (χ1n) is 4.49. The van der Waals surface area contributed by atoms with E-state index in [-0.39, 0.29) is 21.1 Å². The van der Waals surface area contributed by atoms with Gasteiger partial charge in [-0.3, -0.25) is 9.46 Å².